The van der Waals surface area contributed by atoms with Gasteiger partial charge in [0.25, 0.3) is 0 Å². The molecule has 6 heteroatoms. The van der Waals surface area contributed by atoms with Gasteiger partial charge in [-0.25, -0.2) is 0 Å². The third-order valence-corrected chi connectivity index (χ3v) is 5.45. The number of benzene rings is 1. The number of hydrogen-bond acceptors (Lipinski definition) is 6. The number of hydrogen-bond donors (Lipinski definition) is 0. The van der Waals surface area contributed by atoms with Crippen LogP contribution in [0.15, 0.2) is 30.5 Å². The monoisotopic (exact) mass is 352 g/mol. The van der Waals surface area contributed by atoms with Crippen molar-refractivity contribution in [2.75, 3.05) is 54.0 Å². The fourth-order valence-corrected chi connectivity index (χ4v) is 3.96. The van der Waals surface area contributed by atoms with E-state index >= 15 is 0 Å². The Morgan fingerprint density at radius 1 is 1.00 bits per heavy atom. The van der Waals surface area contributed by atoms with Crippen LogP contribution in [0.4, 0.5) is 17.5 Å². The van der Waals surface area contributed by atoms with E-state index in [1.807, 2.05) is 0 Å². The fourth-order valence-electron chi connectivity index (χ4n) is 3.96. The first-order chi connectivity index (χ1) is 12.7. The maximum atomic E-state index is 4.83. The van der Waals surface area contributed by atoms with Gasteiger partial charge in [-0.15, -0.1) is 5.10 Å². The summed E-state index contributed by atoms with van der Waals surface area (Å²) in [7, 11) is 0. The third-order valence-electron chi connectivity index (χ3n) is 5.45. The normalized spacial score (nSPS) is 21.2. The average Bonchev–Trinajstić information content (AvgIpc) is 2.68. The minimum atomic E-state index is 0.703. The molecule has 1 aromatic carbocycles. The van der Waals surface area contributed by atoms with Crippen LogP contribution in [0.3, 0.4) is 0 Å². The van der Waals surface area contributed by atoms with Gasteiger partial charge in [0.1, 0.15) is 0 Å². The first-order valence-corrected chi connectivity index (χ1v) is 9.70. The molecule has 2 aromatic rings. The smallest absolute Gasteiger partial charge is 0.247 e. The summed E-state index contributed by atoms with van der Waals surface area (Å²) in [4.78, 5) is 11.9. The van der Waals surface area contributed by atoms with Gasteiger partial charge < -0.3 is 14.7 Å². The SMILES string of the molecule is Cc1cccc(N2CCN(c3cnnc(N4CCCC(C)C4)n3)CC2)c1. The van der Waals surface area contributed by atoms with Crippen molar-refractivity contribution in [2.45, 2.75) is 26.7 Å². The van der Waals surface area contributed by atoms with Gasteiger partial charge in [-0.3, -0.25) is 0 Å². The Labute approximate surface area is 155 Å². The molecule has 26 heavy (non-hydrogen) atoms. The minimum Gasteiger partial charge on any atom is -0.368 e. The molecule has 2 saturated heterocycles. The van der Waals surface area contributed by atoms with E-state index in [1.54, 1.807) is 6.20 Å². The molecular weight excluding hydrogens is 324 g/mol. The summed E-state index contributed by atoms with van der Waals surface area (Å²) < 4.78 is 0. The van der Waals surface area contributed by atoms with Crippen LogP contribution in [-0.2, 0) is 0 Å². The second kappa shape index (κ2) is 7.48. The molecule has 4 rings (SSSR count). The minimum absolute atomic E-state index is 0.703. The summed E-state index contributed by atoms with van der Waals surface area (Å²) in [5.41, 5.74) is 2.62. The lowest BCUT2D eigenvalue weighted by molar-refractivity contribution is 0.440. The molecule has 138 valence electrons. The molecule has 0 bridgehead atoms. The molecule has 1 atom stereocenters. The van der Waals surface area contributed by atoms with Crippen molar-refractivity contribution in [2.24, 2.45) is 5.92 Å². The first-order valence-electron chi connectivity index (χ1n) is 9.70. The van der Waals surface area contributed by atoms with Gasteiger partial charge in [-0.05, 0) is 43.4 Å². The van der Waals surface area contributed by atoms with Crippen molar-refractivity contribution in [3.63, 3.8) is 0 Å². The Bertz CT molecular complexity index is 741. The molecule has 0 saturated carbocycles. The predicted molar refractivity (Wildman–Crippen MR) is 106 cm³/mol. The molecule has 0 amide bonds. The van der Waals surface area contributed by atoms with E-state index in [9.17, 15) is 0 Å². The fraction of sp³-hybridized carbons (Fsp3) is 0.550. The molecule has 2 aliphatic rings. The summed E-state index contributed by atoms with van der Waals surface area (Å²) >= 11 is 0. The van der Waals surface area contributed by atoms with E-state index < -0.39 is 0 Å². The van der Waals surface area contributed by atoms with Gasteiger partial charge in [0.15, 0.2) is 5.82 Å². The molecular formula is C20H28N6. The van der Waals surface area contributed by atoms with E-state index in [-0.39, 0.29) is 0 Å². The van der Waals surface area contributed by atoms with Gasteiger partial charge in [0, 0.05) is 45.0 Å². The Kier molecular flexibility index (Phi) is 4.91. The van der Waals surface area contributed by atoms with Gasteiger partial charge in [0.05, 0.1) is 6.20 Å². The molecule has 0 radical (unpaired) electrons. The van der Waals surface area contributed by atoms with Crippen molar-refractivity contribution < 1.29 is 0 Å². The Hall–Kier alpha value is -2.37. The van der Waals surface area contributed by atoms with Crippen LogP contribution in [0.5, 0.6) is 0 Å². The van der Waals surface area contributed by atoms with Crippen molar-refractivity contribution in [1.29, 1.82) is 0 Å². The zero-order valence-electron chi connectivity index (χ0n) is 15.8. The van der Waals surface area contributed by atoms with Crippen LogP contribution >= 0.6 is 0 Å². The Morgan fingerprint density at radius 2 is 1.81 bits per heavy atom. The number of nitrogens with zero attached hydrogens (tertiary/aromatic N) is 6. The van der Waals surface area contributed by atoms with Crippen LogP contribution < -0.4 is 14.7 Å². The standard InChI is InChI=1S/C20H28N6/c1-16-5-3-7-18(13-16)24-9-11-25(12-10-24)19-14-21-23-20(22-19)26-8-4-6-17(2)15-26/h3,5,7,13-14,17H,4,6,8-12,15H2,1-2H3. The highest BCUT2D eigenvalue weighted by atomic mass is 15.4. The van der Waals surface area contributed by atoms with E-state index in [0.29, 0.717) is 5.92 Å². The van der Waals surface area contributed by atoms with Crippen LogP contribution in [-0.4, -0.2) is 54.4 Å². The summed E-state index contributed by atoms with van der Waals surface area (Å²) in [5.74, 6) is 2.45. The number of rotatable bonds is 3. The van der Waals surface area contributed by atoms with Crippen LogP contribution in [0, 0.1) is 12.8 Å². The van der Waals surface area contributed by atoms with Crippen LogP contribution in [0.2, 0.25) is 0 Å². The summed E-state index contributed by atoms with van der Waals surface area (Å²) in [6.45, 7) is 10.4. The van der Waals surface area contributed by atoms with Gasteiger partial charge in [-0.2, -0.15) is 10.1 Å². The molecule has 2 fully saturated rings. The lowest BCUT2D eigenvalue weighted by Crippen LogP contribution is -2.47. The van der Waals surface area contributed by atoms with Crippen molar-refractivity contribution in [3.05, 3.63) is 36.0 Å². The van der Waals surface area contributed by atoms with Gasteiger partial charge >= 0.3 is 0 Å². The van der Waals surface area contributed by atoms with Gasteiger partial charge in [0.2, 0.25) is 5.95 Å². The van der Waals surface area contributed by atoms with Crippen molar-refractivity contribution in [3.8, 4) is 0 Å². The van der Waals surface area contributed by atoms with Crippen molar-refractivity contribution >= 4 is 17.5 Å². The summed E-state index contributed by atoms with van der Waals surface area (Å²) in [5, 5.41) is 8.53. The third kappa shape index (κ3) is 3.74. The lowest BCUT2D eigenvalue weighted by Gasteiger charge is -2.37. The highest BCUT2D eigenvalue weighted by molar-refractivity contribution is 5.51. The molecule has 3 heterocycles. The van der Waals surface area contributed by atoms with Crippen LogP contribution in [0.1, 0.15) is 25.3 Å². The predicted octanol–water partition coefficient (Wildman–Crippen LogP) is 2.74. The summed E-state index contributed by atoms with van der Waals surface area (Å²) in [6, 6.07) is 8.74. The number of aromatic nitrogens is 3. The Balaban J connectivity index is 1.42. The quantitative estimate of drug-likeness (QED) is 0.847. The zero-order valence-corrected chi connectivity index (χ0v) is 15.8. The Morgan fingerprint density at radius 3 is 2.58 bits per heavy atom. The first kappa shape index (κ1) is 17.1. The van der Waals surface area contributed by atoms with Gasteiger partial charge in [-0.1, -0.05) is 19.1 Å². The average molecular weight is 352 g/mol. The molecule has 0 aliphatic carbocycles. The van der Waals surface area contributed by atoms with E-state index in [0.717, 1.165) is 51.0 Å². The lowest BCUT2D eigenvalue weighted by atomic mass is 10.0. The molecule has 2 aliphatic heterocycles. The van der Waals surface area contributed by atoms with E-state index in [1.165, 1.54) is 24.1 Å². The molecule has 0 spiro atoms. The van der Waals surface area contributed by atoms with E-state index in [2.05, 4.69) is 63.0 Å². The van der Waals surface area contributed by atoms with E-state index in [4.69, 9.17) is 4.98 Å². The number of anilines is 3. The number of piperidine rings is 1. The topological polar surface area (TPSA) is 48.4 Å². The summed E-state index contributed by atoms with van der Waals surface area (Å²) in [6.07, 6.45) is 4.31. The second-order valence-corrected chi connectivity index (χ2v) is 7.62. The maximum absolute atomic E-state index is 4.83. The number of aryl methyl sites for hydroxylation is 1. The highest BCUT2D eigenvalue weighted by Crippen LogP contribution is 2.23. The highest BCUT2D eigenvalue weighted by Gasteiger charge is 2.22. The molecule has 1 aromatic heterocycles. The van der Waals surface area contributed by atoms with Crippen molar-refractivity contribution in [1.82, 2.24) is 15.2 Å². The molecule has 1 unspecified atom stereocenters. The zero-order chi connectivity index (χ0) is 17.9. The largest absolute Gasteiger partial charge is 0.368 e. The maximum Gasteiger partial charge on any atom is 0.247 e. The molecule has 6 nitrogen and oxygen atoms in total. The van der Waals surface area contributed by atoms with Crippen LogP contribution in [0.25, 0.3) is 0 Å². The second-order valence-electron chi connectivity index (χ2n) is 7.62. The number of piperazine rings is 1. The molecule has 0 N–H and O–H groups in total.